The minimum atomic E-state index is -0.380. The second-order valence-electron chi connectivity index (χ2n) is 3.44. The summed E-state index contributed by atoms with van der Waals surface area (Å²) in [7, 11) is 0. The van der Waals surface area contributed by atoms with Crippen LogP contribution in [0.3, 0.4) is 0 Å². The van der Waals surface area contributed by atoms with Crippen molar-refractivity contribution >= 4 is 0 Å². The lowest BCUT2D eigenvalue weighted by Crippen LogP contribution is -1.99. The zero-order valence-corrected chi connectivity index (χ0v) is 8.43. The maximum Gasteiger partial charge on any atom is 0.126 e. The van der Waals surface area contributed by atoms with E-state index >= 15 is 0 Å². The van der Waals surface area contributed by atoms with Gasteiger partial charge in [-0.1, -0.05) is 19.1 Å². The van der Waals surface area contributed by atoms with E-state index in [9.17, 15) is 8.78 Å². The molecule has 0 nitrogen and oxygen atoms in total. The minimum absolute atomic E-state index is 0.233. The quantitative estimate of drug-likeness (QED) is 0.646. The van der Waals surface area contributed by atoms with Crippen LogP contribution in [0.2, 0.25) is 0 Å². The smallest absolute Gasteiger partial charge is 0.126 e. The summed E-state index contributed by atoms with van der Waals surface area (Å²) >= 11 is 0. The Morgan fingerprint density at radius 1 is 1.36 bits per heavy atom. The van der Waals surface area contributed by atoms with Crippen molar-refractivity contribution in [1.29, 1.82) is 0 Å². The van der Waals surface area contributed by atoms with Gasteiger partial charge < -0.3 is 0 Å². The highest BCUT2D eigenvalue weighted by atomic mass is 19.1. The number of halogens is 2. The molecule has 1 aromatic carbocycles. The second-order valence-corrected chi connectivity index (χ2v) is 3.44. The van der Waals surface area contributed by atoms with Crippen LogP contribution < -0.4 is 0 Å². The summed E-state index contributed by atoms with van der Waals surface area (Å²) < 4.78 is 26.0. The van der Waals surface area contributed by atoms with E-state index in [0.29, 0.717) is 12.0 Å². The average Bonchev–Trinajstić information content (AvgIpc) is 2.12. The Morgan fingerprint density at radius 3 is 2.71 bits per heavy atom. The molecule has 0 aliphatic carbocycles. The van der Waals surface area contributed by atoms with E-state index < -0.39 is 0 Å². The Hall–Kier alpha value is -1.18. The monoisotopic (exact) mass is 196 g/mol. The molecule has 0 heterocycles. The van der Waals surface area contributed by atoms with Crippen LogP contribution in [0.25, 0.3) is 0 Å². The Balaban J connectivity index is 2.80. The molecule has 0 N–H and O–H groups in total. The van der Waals surface area contributed by atoms with Gasteiger partial charge in [0.05, 0.1) is 0 Å². The summed E-state index contributed by atoms with van der Waals surface area (Å²) in [5.41, 5.74) is 0.440. The van der Waals surface area contributed by atoms with Gasteiger partial charge in [0, 0.05) is 0 Å². The van der Waals surface area contributed by atoms with Crippen molar-refractivity contribution in [3.8, 4) is 0 Å². The molecule has 1 aromatic rings. The average molecular weight is 196 g/mol. The van der Waals surface area contributed by atoms with Gasteiger partial charge in [0.2, 0.25) is 0 Å². The van der Waals surface area contributed by atoms with Crippen LogP contribution in [-0.4, -0.2) is 0 Å². The van der Waals surface area contributed by atoms with Gasteiger partial charge in [0.15, 0.2) is 0 Å². The maximum atomic E-state index is 13.2. The van der Waals surface area contributed by atoms with Gasteiger partial charge in [0.25, 0.3) is 0 Å². The molecule has 1 unspecified atom stereocenters. The third kappa shape index (κ3) is 2.95. The van der Waals surface area contributed by atoms with Crippen molar-refractivity contribution < 1.29 is 8.78 Å². The number of hydrogen-bond acceptors (Lipinski definition) is 0. The lowest BCUT2D eigenvalue weighted by atomic mass is 10.0. The highest BCUT2D eigenvalue weighted by molar-refractivity contribution is 5.19. The fraction of sp³-hybridized carbons (Fsp3) is 0.333. The molecule has 0 saturated carbocycles. The first-order chi connectivity index (χ1) is 6.63. The summed E-state index contributed by atoms with van der Waals surface area (Å²) in [6.07, 6.45) is 4.43. The van der Waals surface area contributed by atoms with Crippen molar-refractivity contribution in [2.45, 2.75) is 20.3 Å². The number of rotatable bonds is 3. The Kier molecular flexibility index (Phi) is 3.81. The fourth-order valence-electron chi connectivity index (χ4n) is 1.44. The predicted octanol–water partition coefficient (Wildman–Crippen LogP) is 3.72. The zero-order chi connectivity index (χ0) is 10.6. The molecule has 2 heteroatoms. The molecule has 0 fully saturated rings. The largest absolute Gasteiger partial charge is 0.207 e. The van der Waals surface area contributed by atoms with E-state index in [-0.39, 0.29) is 17.6 Å². The molecule has 0 bridgehead atoms. The molecule has 0 aliphatic heterocycles. The van der Waals surface area contributed by atoms with Crippen LogP contribution in [0.5, 0.6) is 0 Å². The van der Waals surface area contributed by atoms with Crippen molar-refractivity contribution in [2.24, 2.45) is 5.92 Å². The van der Waals surface area contributed by atoms with Gasteiger partial charge in [-0.05, 0) is 43.0 Å². The minimum Gasteiger partial charge on any atom is -0.207 e. The van der Waals surface area contributed by atoms with Crippen LogP contribution in [-0.2, 0) is 6.42 Å². The molecule has 1 atom stereocenters. The maximum absolute atomic E-state index is 13.2. The van der Waals surface area contributed by atoms with E-state index in [1.807, 2.05) is 26.0 Å². The van der Waals surface area contributed by atoms with E-state index in [1.165, 1.54) is 12.1 Å². The fourth-order valence-corrected chi connectivity index (χ4v) is 1.44. The lowest BCUT2D eigenvalue weighted by Gasteiger charge is -2.07. The Morgan fingerprint density at radius 2 is 2.07 bits per heavy atom. The van der Waals surface area contributed by atoms with Gasteiger partial charge in [0.1, 0.15) is 11.6 Å². The van der Waals surface area contributed by atoms with Crippen molar-refractivity contribution in [3.63, 3.8) is 0 Å². The van der Waals surface area contributed by atoms with Gasteiger partial charge in [-0.3, -0.25) is 0 Å². The van der Waals surface area contributed by atoms with Gasteiger partial charge in [-0.2, -0.15) is 0 Å². The van der Waals surface area contributed by atoms with E-state index in [1.54, 1.807) is 0 Å². The third-order valence-corrected chi connectivity index (χ3v) is 2.07. The summed E-state index contributed by atoms with van der Waals surface area (Å²) in [5.74, 6) is -0.479. The summed E-state index contributed by atoms with van der Waals surface area (Å²) in [4.78, 5) is 0. The van der Waals surface area contributed by atoms with E-state index in [0.717, 1.165) is 6.07 Å². The van der Waals surface area contributed by atoms with Gasteiger partial charge in [-0.25, -0.2) is 8.78 Å². The first kappa shape index (κ1) is 10.9. The zero-order valence-electron chi connectivity index (χ0n) is 8.43. The SMILES string of the molecule is C/C=C\C(C)Cc1cc(F)ccc1F. The molecule has 0 radical (unpaired) electrons. The van der Waals surface area contributed by atoms with E-state index in [4.69, 9.17) is 0 Å². The molecule has 0 saturated heterocycles. The molecule has 14 heavy (non-hydrogen) atoms. The van der Waals surface area contributed by atoms with Crippen LogP contribution >= 0.6 is 0 Å². The summed E-state index contributed by atoms with van der Waals surface area (Å²) in [6.45, 7) is 3.89. The lowest BCUT2D eigenvalue weighted by molar-refractivity contribution is 0.571. The molecular formula is C12H14F2. The first-order valence-corrected chi connectivity index (χ1v) is 4.70. The van der Waals surface area contributed by atoms with Crippen LogP contribution in [0, 0.1) is 17.6 Å². The highest BCUT2D eigenvalue weighted by Gasteiger charge is 2.06. The molecule has 0 aromatic heterocycles. The molecule has 0 aliphatic rings. The van der Waals surface area contributed by atoms with Crippen molar-refractivity contribution in [1.82, 2.24) is 0 Å². The van der Waals surface area contributed by atoms with E-state index in [2.05, 4.69) is 0 Å². The number of hydrogen-bond donors (Lipinski definition) is 0. The third-order valence-electron chi connectivity index (χ3n) is 2.07. The molecule has 0 spiro atoms. The van der Waals surface area contributed by atoms with Crippen molar-refractivity contribution in [2.75, 3.05) is 0 Å². The van der Waals surface area contributed by atoms with Crippen LogP contribution in [0.1, 0.15) is 19.4 Å². The summed E-state index contributed by atoms with van der Waals surface area (Å²) in [6, 6.07) is 3.57. The van der Waals surface area contributed by atoms with Gasteiger partial charge in [-0.15, -0.1) is 0 Å². The molecular weight excluding hydrogens is 182 g/mol. The topological polar surface area (TPSA) is 0 Å². The molecule has 1 rings (SSSR count). The molecule has 0 amide bonds. The number of benzene rings is 1. The highest BCUT2D eigenvalue weighted by Crippen LogP contribution is 2.15. The Bertz CT molecular complexity index is 329. The Labute approximate surface area is 83.3 Å². The van der Waals surface area contributed by atoms with Crippen molar-refractivity contribution in [3.05, 3.63) is 47.5 Å². The second kappa shape index (κ2) is 4.89. The summed E-state index contributed by atoms with van der Waals surface area (Å²) in [5, 5.41) is 0. The number of allylic oxidation sites excluding steroid dienone is 2. The predicted molar refractivity (Wildman–Crippen MR) is 54.0 cm³/mol. The van der Waals surface area contributed by atoms with Crippen LogP contribution in [0.15, 0.2) is 30.4 Å². The van der Waals surface area contributed by atoms with Crippen LogP contribution in [0.4, 0.5) is 8.78 Å². The normalized spacial score (nSPS) is 13.4. The standard InChI is InChI=1S/C12H14F2/c1-3-4-9(2)7-10-8-11(13)5-6-12(10)14/h3-6,8-9H,7H2,1-2H3/b4-3-. The molecule has 76 valence electrons. The van der Waals surface area contributed by atoms with Gasteiger partial charge >= 0.3 is 0 Å². The first-order valence-electron chi connectivity index (χ1n) is 4.70.